The van der Waals surface area contributed by atoms with Crippen LogP contribution < -0.4 is 20.9 Å². The number of hydrogen-bond acceptors (Lipinski definition) is 4. The molecular formula is C20H24FN3O2. The van der Waals surface area contributed by atoms with E-state index in [0.717, 1.165) is 0 Å². The van der Waals surface area contributed by atoms with Gasteiger partial charge in [0.25, 0.3) is 0 Å². The molecule has 3 rings (SSSR count). The number of halogens is 1. The average molecular weight is 357 g/mol. The summed E-state index contributed by atoms with van der Waals surface area (Å²) in [4.78, 5) is 12.3. The van der Waals surface area contributed by atoms with Crippen LogP contribution in [0, 0.1) is 5.82 Å². The molecule has 0 bridgehead atoms. The third-order valence-corrected chi connectivity index (χ3v) is 4.53. The van der Waals surface area contributed by atoms with Crippen LogP contribution in [-0.2, 0) is 4.79 Å². The van der Waals surface area contributed by atoms with Crippen LogP contribution in [0.5, 0.6) is 5.75 Å². The summed E-state index contributed by atoms with van der Waals surface area (Å²) in [6.45, 7) is 2.95. The highest BCUT2D eigenvalue weighted by Gasteiger charge is 2.29. The molecule has 3 unspecified atom stereocenters. The van der Waals surface area contributed by atoms with E-state index in [1.54, 1.807) is 18.2 Å². The van der Waals surface area contributed by atoms with Crippen molar-refractivity contribution in [3.8, 4) is 5.75 Å². The molecule has 0 aliphatic carbocycles. The molecule has 3 N–H and O–H groups in total. The molecule has 1 fully saturated rings. The second-order valence-corrected chi connectivity index (χ2v) is 6.57. The Balaban J connectivity index is 1.42. The first-order valence-electron chi connectivity index (χ1n) is 8.84. The molecule has 3 atom stereocenters. The zero-order valence-electron chi connectivity index (χ0n) is 14.7. The highest BCUT2D eigenvalue weighted by Crippen LogP contribution is 2.17. The zero-order chi connectivity index (χ0) is 18.4. The number of carbonyl (C=O) groups excluding carboxylic acids is 1. The first kappa shape index (κ1) is 18.4. The van der Waals surface area contributed by atoms with Gasteiger partial charge in [-0.1, -0.05) is 49.4 Å². The highest BCUT2D eigenvalue weighted by molar-refractivity contribution is 5.82. The van der Waals surface area contributed by atoms with E-state index >= 15 is 0 Å². The van der Waals surface area contributed by atoms with Gasteiger partial charge in [-0.25, -0.2) is 9.82 Å². The van der Waals surface area contributed by atoms with Gasteiger partial charge in [-0.3, -0.25) is 10.2 Å². The fourth-order valence-corrected chi connectivity index (χ4v) is 2.93. The Hall–Kier alpha value is -2.44. The molecule has 2 aromatic rings. The van der Waals surface area contributed by atoms with Crippen molar-refractivity contribution in [1.29, 1.82) is 0 Å². The largest absolute Gasteiger partial charge is 0.489 e. The average Bonchev–Trinajstić information content (AvgIpc) is 3.15. The van der Waals surface area contributed by atoms with Gasteiger partial charge < -0.3 is 10.1 Å². The summed E-state index contributed by atoms with van der Waals surface area (Å²) in [6, 6.07) is 16.0. The highest BCUT2D eigenvalue weighted by atomic mass is 19.1. The lowest BCUT2D eigenvalue weighted by atomic mass is 10.0. The lowest BCUT2D eigenvalue weighted by molar-refractivity contribution is -0.122. The van der Waals surface area contributed by atoms with Gasteiger partial charge in [-0.05, 0) is 30.0 Å². The number of benzene rings is 2. The molecule has 5 nitrogen and oxygen atoms in total. The summed E-state index contributed by atoms with van der Waals surface area (Å²) in [5, 5.41) is 2.98. The maximum Gasteiger partial charge on any atom is 0.238 e. The molecule has 0 saturated carbocycles. The van der Waals surface area contributed by atoms with Gasteiger partial charge in [0.05, 0.1) is 6.04 Å². The van der Waals surface area contributed by atoms with Crippen LogP contribution in [0.25, 0.3) is 0 Å². The maximum absolute atomic E-state index is 13.6. The predicted octanol–water partition coefficient (Wildman–Crippen LogP) is 2.36. The smallest absolute Gasteiger partial charge is 0.238 e. The van der Waals surface area contributed by atoms with Crippen LogP contribution in [-0.4, -0.2) is 31.1 Å². The molecule has 1 heterocycles. The topological polar surface area (TPSA) is 62.4 Å². The molecule has 0 spiro atoms. The molecule has 1 aliphatic rings. The summed E-state index contributed by atoms with van der Waals surface area (Å²) in [5.41, 5.74) is 7.22. The number of amides is 1. The Morgan fingerprint density at radius 3 is 2.69 bits per heavy atom. The minimum Gasteiger partial charge on any atom is -0.489 e. The monoisotopic (exact) mass is 357 g/mol. The van der Waals surface area contributed by atoms with Crippen molar-refractivity contribution in [2.45, 2.75) is 31.3 Å². The summed E-state index contributed by atoms with van der Waals surface area (Å²) < 4.78 is 19.1. The van der Waals surface area contributed by atoms with Crippen molar-refractivity contribution < 1.29 is 13.9 Å². The lowest BCUT2D eigenvalue weighted by Gasteiger charge is -2.15. The molecule has 0 radical (unpaired) electrons. The van der Waals surface area contributed by atoms with Crippen LogP contribution in [0.4, 0.5) is 4.39 Å². The second kappa shape index (κ2) is 8.78. The molecule has 1 aliphatic heterocycles. The van der Waals surface area contributed by atoms with Gasteiger partial charge in [0, 0.05) is 6.54 Å². The normalized spacial score (nSPS) is 20.5. The zero-order valence-corrected chi connectivity index (χ0v) is 14.7. The quantitative estimate of drug-likeness (QED) is 0.712. The standard InChI is InChI=1S/C20H24FN3O2/c1-14(15-7-3-2-4-8-15)12-22-20(25)18-11-16(23-24-18)13-26-19-10-6-5-9-17(19)21/h2-10,14,16,18,23-24H,11-13H2,1H3,(H,22,25). The van der Waals surface area contributed by atoms with Crippen LogP contribution in [0.2, 0.25) is 0 Å². The molecule has 1 saturated heterocycles. The van der Waals surface area contributed by atoms with Crippen molar-refractivity contribution in [3.63, 3.8) is 0 Å². The van der Waals surface area contributed by atoms with Crippen LogP contribution in [0.3, 0.4) is 0 Å². The molecule has 2 aromatic carbocycles. The van der Waals surface area contributed by atoms with E-state index in [0.29, 0.717) is 13.0 Å². The predicted molar refractivity (Wildman–Crippen MR) is 98.2 cm³/mol. The van der Waals surface area contributed by atoms with Gasteiger partial charge in [0.1, 0.15) is 12.6 Å². The van der Waals surface area contributed by atoms with E-state index in [-0.39, 0.29) is 42.1 Å². The number of ether oxygens (including phenoxy) is 1. The summed E-state index contributed by atoms with van der Waals surface area (Å²) in [6.07, 6.45) is 0.583. The molecule has 6 heteroatoms. The first-order valence-corrected chi connectivity index (χ1v) is 8.84. The van der Waals surface area contributed by atoms with Crippen molar-refractivity contribution in [2.24, 2.45) is 0 Å². The Morgan fingerprint density at radius 1 is 1.19 bits per heavy atom. The maximum atomic E-state index is 13.6. The molecular weight excluding hydrogens is 333 g/mol. The van der Waals surface area contributed by atoms with Gasteiger partial charge in [0.2, 0.25) is 5.91 Å². The van der Waals surface area contributed by atoms with E-state index in [4.69, 9.17) is 4.74 Å². The number of hydrogen-bond donors (Lipinski definition) is 3. The number of carbonyl (C=O) groups is 1. The number of rotatable bonds is 7. The van der Waals surface area contributed by atoms with Gasteiger partial charge in [-0.2, -0.15) is 0 Å². The van der Waals surface area contributed by atoms with Gasteiger partial charge in [-0.15, -0.1) is 0 Å². The summed E-state index contributed by atoms with van der Waals surface area (Å²) >= 11 is 0. The van der Waals surface area contributed by atoms with Crippen molar-refractivity contribution in [2.75, 3.05) is 13.2 Å². The number of hydrazine groups is 1. The van der Waals surface area contributed by atoms with Gasteiger partial charge >= 0.3 is 0 Å². The Kier molecular flexibility index (Phi) is 6.20. The Morgan fingerprint density at radius 2 is 1.92 bits per heavy atom. The van der Waals surface area contributed by atoms with Gasteiger partial charge in [0.15, 0.2) is 11.6 Å². The SMILES string of the molecule is CC(CNC(=O)C1CC(COc2ccccc2F)NN1)c1ccccc1. The summed E-state index contributed by atoms with van der Waals surface area (Å²) in [7, 11) is 0. The van der Waals surface area contributed by atoms with Crippen LogP contribution >= 0.6 is 0 Å². The fourth-order valence-electron chi connectivity index (χ4n) is 2.93. The number of nitrogens with one attached hydrogen (secondary N) is 3. The Labute approximate surface area is 152 Å². The minimum absolute atomic E-state index is 0.0475. The van der Waals surface area contributed by atoms with Crippen molar-refractivity contribution >= 4 is 5.91 Å². The van der Waals surface area contributed by atoms with Crippen LogP contribution in [0.15, 0.2) is 54.6 Å². The fraction of sp³-hybridized carbons (Fsp3) is 0.350. The third-order valence-electron chi connectivity index (χ3n) is 4.53. The van der Waals surface area contributed by atoms with Crippen molar-refractivity contribution in [1.82, 2.24) is 16.2 Å². The second-order valence-electron chi connectivity index (χ2n) is 6.57. The third kappa shape index (κ3) is 4.80. The molecule has 0 aromatic heterocycles. The lowest BCUT2D eigenvalue weighted by Crippen LogP contribution is -2.44. The Bertz CT molecular complexity index is 726. The number of para-hydroxylation sites is 1. The van der Waals surface area contributed by atoms with E-state index in [9.17, 15) is 9.18 Å². The van der Waals surface area contributed by atoms with E-state index in [1.165, 1.54) is 11.6 Å². The molecule has 138 valence electrons. The van der Waals surface area contributed by atoms with E-state index in [1.807, 2.05) is 18.2 Å². The molecule has 1 amide bonds. The first-order chi connectivity index (χ1) is 12.6. The van der Waals surface area contributed by atoms with Crippen molar-refractivity contribution in [3.05, 3.63) is 66.0 Å². The molecule has 26 heavy (non-hydrogen) atoms. The summed E-state index contributed by atoms with van der Waals surface area (Å²) in [5.74, 6) is 0.0323. The minimum atomic E-state index is -0.386. The van der Waals surface area contributed by atoms with E-state index in [2.05, 4.69) is 35.2 Å². The van der Waals surface area contributed by atoms with Crippen LogP contribution in [0.1, 0.15) is 24.8 Å². The van der Waals surface area contributed by atoms with E-state index < -0.39 is 0 Å².